The lowest BCUT2D eigenvalue weighted by atomic mass is 9.85. The molecule has 2 heterocycles. The number of quaternary nitrogens is 1. The fourth-order valence-electron chi connectivity index (χ4n) is 6.54. The average molecular weight is 777 g/mol. The third-order valence-corrected chi connectivity index (χ3v) is 9.36. The van der Waals surface area contributed by atoms with Crippen LogP contribution >= 0.6 is 0 Å². The van der Waals surface area contributed by atoms with Gasteiger partial charge in [0.25, 0.3) is 0 Å². The Balaban J connectivity index is 1.78. The van der Waals surface area contributed by atoms with Gasteiger partial charge in [-0.25, -0.2) is 0 Å². The van der Waals surface area contributed by atoms with Crippen molar-refractivity contribution in [1.82, 2.24) is 5.06 Å². The minimum atomic E-state index is -2.55. The maximum atomic E-state index is 15.3. The summed E-state index contributed by atoms with van der Waals surface area (Å²) in [5, 5.41) is 16.2. The quantitative estimate of drug-likeness (QED) is 0.0563. The highest BCUT2D eigenvalue weighted by atomic mass is 17.0. The van der Waals surface area contributed by atoms with Gasteiger partial charge in [0.05, 0.1) is 24.2 Å². The number of esters is 4. The Labute approximate surface area is 321 Å². The predicted molar refractivity (Wildman–Crippen MR) is 191 cm³/mol. The zero-order valence-electron chi connectivity index (χ0n) is 32.1. The fourth-order valence-corrected chi connectivity index (χ4v) is 6.54. The standard InChI is InChI=1S/C39H40N2O15/c1-10-19(3)32-37(54-24(8)45)41(49)39(20(4)11-2,38(48)40(32)50-9)55-29-18-26(14-17-28(29)56-41)31-34(47)33(46)30(25-12-15-27(16-13-25)51-21(5)42)35(52-22(6)43)36(31)53-23(7)44/h12-20H,10-11H2,1-9H3/t19-,20-,39+,41-/m0/s1. The van der Waals surface area contributed by atoms with E-state index in [1.807, 2.05) is 0 Å². The van der Waals surface area contributed by atoms with E-state index in [2.05, 4.69) is 0 Å². The number of benzene rings is 2. The number of hydroxylamine groups is 6. The Kier molecular flexibility index (Phi) is 11.4. The second-order valence-corrected chi connectivity index (χ2v) is 13.2. The summed E-state index contributed by atoms with van der Waals surface area (Å²) < 4.78 is 27.9. The van der Waals surface area contributed by atoms with Crippen LogP contribution < -0.4 is 14.3 Å². The number of amides is 1. The molecule has 4 atom stereocenters. The molecule has 17 heteroatoms. The Bertz CT molecular complexity index is 2150. The molecule has 17 nitrogen and oxygen atoms in total. The van der Waals surface area contributed by atoms with E-state index < -0.39 is 92.3 Å². The van der Waals surface area contributed by atoms with Crippen LogP contribution in [0, 0.1) is 17.0 Å². The first-order valence-corrected chi connectivity index (χ1v) is 17.5. The van der Waals surface area contributed by atoms with Gasteiger partial charge in [0, 0.05) is 33.6 Å². The molecule has 0 N–H and O–H groups in total. The number of carbonyl (C=O) groups excluding carboxylic acids is 7. The van der Waals surface area contributed by atoms with E-state index in [-0.39, 0.29) is 40.5 Å². The zero-order valence-corrected chi connectivity index (χ0v) is 32.1. The number of hydrogen-bond donors (Lipinski definition) is 0. The van der Waals surface area contributed by atoms with Gasteiger partial charge in [0.15, 0.2) is 23.0 Å². The second-order valence-electron chi connectivity index (χ2n) is 13.2. The van der Waals surface area contributed by atoms with Crippen molar-refractivity contribution >= 4 is 52.5 Å². The average Bonchev–Trinajstić information content (AvgIpc) is 3.13. The van der Waals surface area contributed by atoms with Crippen molar-refractivity contribution < 1.29 is 71.7 Å². The summed E-state index contributed by atoms with van der Waals surface area (Å²) in [6.45, 7) is 11.1. The minimum Gasteiger partial charge on any atom is -0.578 e. The van der Waals surface area contributed by atoms with E-state index >= 15 is 5.21 Å². The van der Waals surface area contributed by atoms with Gasteiger partial charge in [-0.15, -0.1) is 0 Å². The van der Waals surface area contributed by atoms with Crippen molar-refractivity contribution in [2.24, 2.45) is 11.8 Å². The molecule has 0 bridgehead atoms. The van der Waals surface area contributed by atoms with Crippen LogP contribution in [0.1, 0.15) is 79.4 Å². The van der Waals surface area contributed by atoms with Crippen molar-refractivity contribution in [3.63, 3.8) is 0 Å². The van der Waals surface area contributed by atoms with E-state index in [4.69, 9.17) is 33.4 Å². The maximum Gasteiger partial charge on any atom is 0.374 e. The largest absolute Gasteiger partial charge is 0.578 e. The lowest BCUT2D eigenvalue weighted by molar-refractivity contribution is -1.08. The van der Waals surface area contributed by atoms with Crippen LogP contribution in [0.2, 0.25) is 0 Å². The van der Waals surface area contributed by atoms with Crippen molar-refractivity contribution in [1.29, 1.82) is 0 Å². The highest BCUT2D eigenvalue weighted by Gasteiger charge is 2.73. The van der Waals surface area contributed by atoms with Crippen LogP contribution in [0.15, 0.2) is 65.6 Å². The molecule has 0 spiro atoms. The van der Waals surface area contributed by atoms with Gasteiger partial charge in [-0.3, -0.25) is 43.2 Å². The SMILES string of the molecule is CC[C@H](C)C1=C(OC(C)=O)[N@+]2([O-])Oc3ccc(C4=C(OC(C)=O)C(OC(C)=O)=C(c5ccc(OC(C)=O)cc5)C(=O)C4=O)cc3O[C@]2([C@@H](C)CC)C(=O)N1OC. The molecule has 0 unspecified atom stereocenters. The van der Waals surface area contributed by atoms with Gasteiger partial charge in [-0.2, -0.15) is 5.06 Å². The Morgan fingerprint density at radius 1 is 0.750 bits per heavy atom. The first-order chi connectivity index (χ1) is 26.4. The summed E-state index contributed by atoms with van der Waals surface area (Å²) in [5.74, 6) is -10.4. The van der Waals surface area contributed by atoms with E-state index in [9.17, 15) is 33.6 Å². The monoisotopic (exact) mass is 776 g/mol. The van der Waals surface area contributed by atoms with Gasteiger partial charge in [0.2, 0.25) is 17.3 Å². The molecular weight excluding hydrogens is 736 g/mol. The number of rotatable bonds is 11. The Hall–Kier alpha value is -6.17. The van der Waals surface area contributed by atoms with Gasteiger partial charge < -0.3 is 28.9 Å². The molecule has 2 aromatic carbocycles. The highest BCUT2D eigenvalue weighted by molar-refractivity contribution is 6.67. The smallest absolute Gasteiger partial charge is 0.374 e. The summed E-state index contributed by atoms with van der Waals surface area (Å²) in [6, 6.07) is 8.98. The molecule has 0 fully saturated rings. The molecule has 56 heavy (non-hydrogen) atoms. The van der Waals surface area contributed by atoms with E-state index in [1.165, 1.54) is 56.5 Å². The number of nitrogens with zero attached hydrogens (tertiary/aromatic N) is 2. The van der Waals surface area contributed by atoms with E-state index in [0.29, 0.717) is 6.42 Å². The first kappa shape index (κ1) is 41.0. The zero-order chi connectivity index (χ0) is 41.4. The molecular formula is C39H40N2O15. The lowest BCUT2D eigenvalue weighted by Gasteiger charge is -2.57. The van der Waals surface area contributed by atoms with Crippen LogP contribution in [-0.4, -0.2) is 64.1 Å². The molecule has 0 saturated heterocycles. The molecule has 0 aromatic heterocycles. The third kappa shape index (κ3) is 6.84. The normalized spacial score (nSPS) is 21.7. The molecule has 2 aliphatic heterocycles. The van der Waals surface area contributed by atoms with E-state index in [0.717, 1.165) is 25.8 Å². The minimum absolute atomic E-state index is 0.0494. The second kappa shape index (κ2) is 15.5. The summed E-state index contributed by atoms with van der Waals surface area (Å²) in [6.07, 6.45) is 0.549. The number of hydrogen-bond acceptors (Lipinski definition) is 15. The molecule has 296 valence electrons. The Morgan fingerprint density at radius 2 is 1.27 bits per heavy atom. The summed E-state index contributed by atoms with van der Waals surface area (Å²) in [7, 11) is 1.20. The number of Topliss-reactive ketones (excluding diaryl/α,β-unsaturated/α-hetero) is 2. The summed E-state index contributed by atoms with van der Waals surface area (Å²) in [4.78, 5) is 101. The number of carbonyl (C=O) groups is 7. The van der Waals surface area contributed by atoms with Gasteiger partial charge in [0.1, 0.15) is 5.75 Å². The van der Waals surface area contributed by atoms with Crippen LogP contribution in [0.25, 0.3) is 11.1 Å². The first-order valence-electron chi connectivity index (χ1n) is 17.5. The van der Waals surface area contributed by atoms with Gasteiger partial charge in [-0.1, -0.05) is 44.6 Å². The molecule has 1 aliphatic carbocycles. The summed E-state index contributed by atoms with van der Waals surface area (Å²) >= 11 is 0. The van der Waals surface area contributed by atoms with Crippen LogP contribution in [0.5, 0.6) is 17.2 Å². The third-order valence-electron chi connectivity index (χ3n) is 9.36. The van der Waals surface area contributed by atoms with Crippen molar-refractivity contribution in [2.75, 3.05) is 7.11 Å². The molecule has 5 rings (SSSR count). The van der Waals surface area contributed by atoms with Crippen LogP contribution in [-0.2, 0) is 52.6 Å². The van der Waals surface area contributed by atoms with Crippen molar-refractivity contribution in [3.05, 3.63) is 81.9 Å². The topological polar surface area (TPSA) is 210 Å². The maximum absolute atomic E-state index is 15.3. The molecule has 2 aromatic rings. The van der Waals surface area contributed by atoms with Crippen molar-refractivity contribution in [3.8, 4) is 17.2 Å². The van der Waals surface area contributed by atoms with Crippen LogP contribution in [0.3, 0.4) is 0 Å². The molecule has 0 saturated carbocycles. The van der Waals surface area contributed by atoms with Crippen LogP contribution in [0.4, 0.5) is 0 Å². The summed E-state index contributed by atoms with van der Waals surface area (Å²) in [5.41, 5.74) is -3.66. The van der Waals surface area contributed by atoms with Gasteiger partial charge in [-0.05, 0) is 54.3 Å². The van der Waals surface area contributed by atoms with E-state index in [1.54, 1.807) is 27.7 Å². The highest BCUT2D eigenvalue weighted by Crippen LogP contribution is 2.54. The molecule has 1 amide bonds. The van der Waals surface area contributed by atoms with Gasteiger partial charge >= 0.3 is 41.4 Å². The number of ketones is 2. The fraction of sp³-hybridized carbons (Fsp3) is 0.359. The molecule has 3 aliphatic rings. The Morgan fingerprint density at radius 3 is 1.75 bits per heavy atom. The predicted octanol–water partition coefficient (Wildman–Crippen LogP) is 4.94. The van der Waals surface area contributed by atoms with Crippen molar-refractivity contribution in [2.45, 2.75) is 74.0 Å². The number of fused-ring (bicyclic) bond motifs is 2. The lowest BCUT2D eigenvalue weighted by Crippen LogP contribution is -2.78. The number of allylic oxidation sites excluding steroid dienone is 3. The molecule has 0 radical (unpaired) electrons. The number of ether oxygens (including phenoxy) is 5.